The lowest BCUT2D eigenvalue weighted by Gasteiger charge is -2.31. The largest absolute Gasteiger partial charge is 0.381 e. The van der Waals surface area contributed by atoms with E-state index in [0.29, 0.717) is 0 Å². The highest BCUT2D eigenvalue weighted by molar-refractivity contribution is 5.08. The van der Waals surface area contributed by atoms with Gasteiger partial charge in [-0.15, -0.1) is 0 Å². The lowest BCUT2D eigenvalue weighted by molar-refractivity contribution is 0.0501. The van der Waals surface area contributed by atoms with Crippen LogP contribution in [0.25, 0.3) is 0 Å². The summed E-state index contributed by atoms with van der Waals surface area (Å²) < 4.78 is 5.38. The van der Waals surface area contributed by atoms with Crippen molar-refractivity contribution < 1.29 is 4.74 Å². The van der Waals surface area contributed by atoms with E-state index in [1.165, 1.54) is 0 Å². The molecule has 0 spiro atoms. The van der Waals surface area contributed by atoms with E-state index >= 15 is 0 Å². The highest BCUT2D eigenvalue weighted by atomic mass is 16.5. The van der Waals surface area contributed by atoms with Crippen LogP contribution in [0.2, 0.25) is 0 Å². The van der Waals surface area contributed by atoms with Gasteiger partial charge in [-0.3, -0.25) is 0 Å². The van der Waals surface area contributed by atoms with Gasteiger partial charge in [0.1, 0.15) is 0 Å². The van der Waals surface area contributed by atoms with Crippen molar-refractivity contribution in [2.45, 2.75) is 39.2 Å². The number of nitrogens with two attached hydrogens (primary N) is 1. The summed E-state index contributed by atoms with van der Waals surface area (Å²) in [5, 5.41) is 0. The highest BCUT2D eigenvalue weighted by Crippen LogP contribution is 2.47. The Morgan fingerprint density at radius 1 is 1.45 bits per heavy atom. The quantitative estimate of drug-likeness (QED) is 0.672. The Kier molecular flexibility index (Phi) is 2.26. The third-order valence-corrected chi connectivity index (χ3v) is 2.80. The van der Waals surface area contributed by atoms with Crippen molar-refractivity contribution in [1.29, 1.82) is 0 Å². The zero-order valence-electron chi connectivity index (χ0n) is 7.81. The number of hydrogen-bond donors (Lipinski definition) is 1. The monoisotopic (exact) mass is 157 g/mol. The summed E-state index contributed by atoms with van der Waals surface area (Å²) in [5.41, 5.74) is 6.31. The maximum Gasteiger partial charge on any atom is 0.0534 e. The summed E-state index contributed by atoms with van der Waals surface area (Å²) in [6.07, 6.45) is 2.32. The van der Waals surface area contributed by atoms with E-state index in [1.54, 1.807) is 0 Å². The molecule has 0 aromatic heterocycles. The molecule has 2 heteroatoms. The van der Waals surface area contributed by atoms with E-state index in [-0.39, 0.29) is 11.0 Å². The van der Waals surface area contributed by atoms with Gasteiger partial charge >= 0.3 is 0 Å². The average Bonchev–Trinajstić information content (AvgIpc) is 2.65. The van der Waals surface area contributed by atoms with E-state index in [9.17, 15) is 0 Å². The summed E-state index contributed by atoms with van der Waals surface area (Å²) in [6.45, 7) is 7.98. The van der Waals surface area contributed by atoms with Crippen molar-refractivity contribution >= 4 is 0 Å². The van der Waals surface area contributed by atoms with Crippen molar-refractivity contribution in [3.8, 4) is 0 Å². The van der Waals surface area contributed by atoms with Crippen molar-refractivity contribution in [2.75, 3.05) is 13.2 Å². The molecule has 66 valence electrons. The van der Waals surface area contributed by atoms with Gasteiger partial charge in [0.2, 0.25) is 0 Å². The molecule has 0 amide bonds. The maximum absolute atomic E-state index is 6.09. The Morgan fingerprint density at radius 3 is 2.36 bits per heavy atom. The molecule has 0 aliphatic heterocycles. The van der Waals surface area contributed by atoms with Crippen molar-refractivity contribution in [1.82, 2.24) is 0 Å². The second-order valence-corrected chi connectivity index (χ2v) is 4.18. The zero-order valence-corrected chi connectivity index (χ0v) is 7.81. The molecule has 0 aromatic carbocycles. The zero-order chi connectivity index (χ0) is 8.54. The van der Waals surface area contributed by atoms with Gasteiger partial charge in [-0.25, -0.2) is 0 Å². The molecule has 0 radical (unpaired) electrons. The lowest BCUT2D eigenvalue weighted by Crippen LogP contribution is -2.43. The molecule has 2 N–H and O–H groups in total. The molecular formula is C9H19NO. The van der Waals surface area contributed by atoms with Gasteiger partial charge in [-0.05, 0) is 19.8 Å². The van der Waals surface area contributed by atoms with Crippen molar-refractivity contribution in [3.05, 3.63) is 0 Å². The average molecular weight is 157 g/mol. The van der Waals surface area contributed by atoms with Crippen LogP contribution in [-0.2, 0) is 4.74 Å². The topological polar surface area (TPSA) is 35.2 Å². The summed E-state index contributed by atoms with van der Waals surface area (Å²) in [5.74, 6) is 0. The lowest BCUT2D eigenvalue weighted by atomic mass is 9.83. The number of hydrogen-bond acceptors (Lipinski definition) is 2. The molecule has 0 saturated heterocycles. The number of ether oxygens (including phenoxy) is 1. The van der Waals surface area contributed by atoms with E-state index in [1.807, 2.05) is 6.92 Å². The third-order valence-electron chi connectivity index (χ3n) is 2.80. The SMILES string of the molecule is CCOCC(C)(C)C1(N)CC1. The fraction of sp³-hybridized carbons (Fsp3) is 1.00. The Hall–Kier alpha value is -0.0800. The maximum atomic E-state index is 6.09. The molecule has 0 atom stereocenters. The van der Waals surface area contributed by atoms with Crippen LogP contribution in [-0.4, -0.2) is 18.8 Å². The highest BCUT2D eigenvalue weighted by Gasteiger charge is 2.50. The summed E-state index contributed by atoms with van der Waals surface area (Å²) >= 11 is 0. The molecule has 1 aliphatic rings. The third kappa shape index (κ3) is 1.74. The standard InChI is InChI=1S/C9H19NO/c1-4-11-7-8(2,3)9(10)5-6-9/h4-7,10H2,1-3H3. The summed E-state index contributed by atoms with van der Waals surface area (Å²) in [7, 11) is 0. The van der Waals surface area contributed by atoms with Gasteiger partial charge in [0.25, 0.3) is 0 Å². The molecule has 0 unspecified atom stereocenters. The minimum absolute atomic E-state index is 0.0716. The van der Waals surface area contributed by atoms with Crippen LogP contribution < -0.4 is 5.73 Å². The van der Waals surface area contributed by atoms with E-state index in [0.717, 1.165) is 26.1 Å². The Balaban J connectivity index is 2.39. The number of rotatable bonds is 4. The first-order chi connectivity index (χ1) is 5.02. The molecule has 0 heterocycles. The molecule has 1 saturated carbocycles. The predicted octanol–water partition coefficient (Wildman–Crippen LogP) is 1.54. The molecule has 0 aromatic rings. The van der Waals surface area contributed by atoms with Gasteiger partial charge in [0.05, 0.1) is 6.61 Å². The van der Waals surface area contributed by atoms with Crippen LogP contribution in [0.4, 0.5) is 0 Å². The first-order valence-corrected chi connectivity index (χ1v) is 4.38. The molecule has 11 heavy (non-hydrogen) atoms. The fourth-order valence-electron chi connectivity index (χ4n) is 1.31. The Bertz CT molecular complexity index is 138. The second kappa shape index (κ2) is 2.76. The smallest absolute Gasteiger partial charge is 0.0534 e. The van der Waals surface area contributed by atoms with Crippen LogP contribution in [0.3, 0.4) is 0 Å². The van der Waals surface area contributed by atoms with Gasteiger partial charge < -0.3 is 10.5 Å². The van der Waals surface area contributed by atoms with E-state index < -0.39 is 0 Å². The van der Waals surface area contributed by atoms with Crippen LogP contribution in [0.5, 0.6) is 0 Å². The normalized spacial score (nSPS) is 21.8. The van der Waals surface area contributed by atoms with Crippen LogP contribution in [0, 0.1) is 5.41 Å². The van der Waals surface area contributed by atoms with Crippen molar-refractivity contribution in [2.24, 2.45) is 11.1 Å². The molecule has 2 nitrogen and oxygen atoms in total. The Morgan fingerprint density at radius 2 is 2.00 bits per heavy atom. The van der Waals surface area contributed by atoms with Crippen LogP contribution >= 0.6 is 0 Å². The molecule has 1 aliphatic carbocycles. The van der Waals surface area contributed by atoms with E-state index in [2.05, 4.69) is 13.8 Å². The van der Waals surface area contributed by atoms with Crippen LogP contribution in [0.1, 0.15) is 33.6 Å². The minimum Gasteiger partial charge on any atom is -0.381 e. The predicted molar refractivity (Wildman–Crippen MR) is 46.4 cm³/mol. The molecule has 1 rings (SSSR count). The van der Waals surface area contributed by atoms with Crippen LogP contribution in [0.15, 0.2) is 0 Å². The van der Waals surface area contributed by atoms with E-state index in [4.69, 9.17) is 10.5 Å². The van der Waals surface area contributed by atoms with Gasteiger partial charge in [0, 0.05) is 17.6 Å². The Labute approximate surface area is 69.1 Å². The first kappa shape index (κ1) is 9.01. The summed E-state index contributed by atoms with van der Waals surface area (Å²) in [6, 6.07) is 0. The minimum atomic E-state index is 0.0716. The second-order valence-electron chi connectivity index (χ2n) is 4.18. The van der Waals surface area contributed by atoms with Gasteiger partial charge in [-0.2, -0.15) is 0 Å². The van der Waals surface area contributed by atoms with Gasteiger partial charge in [0.15, 0.2) is 0 Å². The molecule has 1 fully saturated rings. The molecular weight excluding hydrogens is 138 g/mol. The first-order valence-electron chi connectivity index (χ1n) is 4.38. The van der Waals surface area contributed by atoms with Gasteiger partial charge in [-0.1, -0.05) is 13.8 Å². The van der Waals surface area contributed by atoms with Crippen molar-refractivity contribution in [3.63, 3.8) is 0 Å². The fourth-order valence-corrected chi connectivity index (χ4v) is 1.31. The molecule has 0 bridgehead atoms. The summed E-state index contributed by atoms with van der Waals surface area (Å²) in [4.78, 5) is 0.